The number of fused-ring (bicyclic) bond motifs is 2. The molecule has 0 saturated carbocycles. The van der Waals surface area contributed by atoms with Crippen molar-refractivity contribution >= 4 is 22.8 Å². The molecule has 0 aliphatic carbocycles. The number of carbonyl (C=O) groups is 2. The smallest absolute Gasteiger partial charge is 0.309 e. The molecule has 2 saturated heterocycles. The Kier molecular flexibility index (Phi) is 7.34. The molecule has 1 aromatic heterocycles. The molecule has 6 atom stereocenters. The minimum Gasteiger partial charge on any atom is -0.457 e. The van der Waals surface area contributed by atoms with E-state index in [4.69, 9.17) is 9.47 Å². The van der Waals surface area contributed by atoms with Crippen molar-refractivity contribution in [2.24, 2.45) is 18.4 Å². The van der Waals surface area contributed by atoms with Gasteiger partial charge in [-0.25, -0.2) is 4.98 Å². The number of nitrogens with zero attached hydrogens (tertiary/aromatic N) is 2. The van der Waals surface area contributed by atoms with Crippen molar-refractivity contribution in [2.75, 3.05) is 0 Å². The molecular formula is C28H40N2O6. The van der Waals surface area contributed by atoms with Crippen molar-refractivity contribution < 1.29 is 29.3 Å². The Hall–Kier alpha value is -2.29. The standard InChI is InChI=1S/C28H40N2O6/c1-16-21(31)9-7-8-10-24-28(5,36-24)15-22(35-25(33)14-23(32)27(3,4)26(16)34)18-11-12-20-19(13-18)29-17(2)30(20)6/h11-13,16,21-24,31-32H,7-10,14-15H2,1-6H3. The van der Waals surface area contributed by atoms with E-state index >= 15 is 0 Å². The van der Waals surface area contributed by atoms with Crippen LogP contribution in [0.3, 0.4) is 0 Å². The highest BCUT2D eigenvalue weighted by atomic mass is 16.6. The molecule has 4 rings (SSSR count). The predicted molar refractivity (Wildman–Crippen MR) is 135 cm³/mol. The highest BCUT2D eigenvalue weighted by Gasteiger charge is 2.53. The van der Waals surface area contributed by atoms with E-state index in [2.05, 4.69) is 4.98 Å². The van der Waals surface area contributed by atoms with E-state index in [1.54, 1.807) is 20.8 Å². The van der Waals surface area contributed by atoms with Gasteiger partial charge in [0.1, 0.15) is 17.7 Å². The Labute approximate surface area is 213 Å². The minimum absolute atomic E-state index is 0.0492. The maximum atomic E-state index is 13.1. The second kappa shape index (κ2) is 9.88. The summed E-state index contributed by atoms with van der Waals surface area (Å²) in [6.07, 6.45) is 0.632. The third-order valence-corrected chi connectivity index (χ3v) is 8.44. The highest BCUT2D eigenvalue weighted by Crippen LogP contribution is 2.47. The zero-order chi connectivity index (χ0) is 26.4. The summed E-state index contributed by atoms with van der Waals surface area (Å²) >= 11 is 0. The van der Waals surface area contributed by atoms with Crippen molar-refractivity contribution in [3.8, 4) is 0 Å². The molecule has 0 amide bonds. The zero-order valence-electron chi connectivity index (χ0n) is 22.3. The number of imidazole rings is 1. The zero-order valence-corrected chi connectivity index (χ0v) is 22.3. The molecule has 0 bridgehead atoms. The van der Waals surface area contributed by atoms with E-state index in [1.165, 1.54) is 0 Å². The number of benzene rings is 1. The van der Waals surface area contributed by atoms with Gasteiger partial charge in [0.05, 0.1) is 46.8 Å². The fourth-order valence-corrected chi connectivity index (χ4v) is 5.45. The van der Waals surface area contributed by atoms with Crippen LogP contribution in [0.2, 0.25) is 0 Å². The number of esters is 1. The van der Waals surface area contributed by atoms with Gasteiger partial charge < -0.3 is 24.3 Å². The first-order chi connectivity index (χ1) is 16.8. The third-order valence-electron chi connectivity index (χ3n) is 8.44. The summed E-state index contributed by atoms with van der Waals surface area (Å²) in [6, 6.07) is 5.88. The minimum atomic E-state index is -1.23. The molecule has 2 N–H and O–H groups in total. The quantitative estimate of drug-likeness (QED) is 0.450. The molecule has 8 nitrogen and oxygen atoms in total. The number of rotatable bonds is 1. The number of Topliss-reactive ketones (excluding diaryl/α,β-unsaturated/α-hetero) is 1. The molecule has 0 radical (unpaired) electrons. The second-order valence-electron chi connectivity index (χ2n) is 11.5. The van der Waals surface area contributed by atoms with E-state index in [-0.39, 0.29) is 18.3 Å². The lowest BCUT2D eigenvalue weighted by Crippen LogP contribution is -2.44. The number of hydrogen-bond acceptors (Lipinski definition) is 7. The number of hydrogen-bond donors (Lipinski definition) is 2. The van der Waals surface area contributed by atoms with Crippen LogP contribution in [0.1, 0.15) is 83.7 Å². The normalized spacial score (nSPS) is 34.3. The number of aromatic nitrogens is 2. The fraction of sp³-hybridized carbons (Fsp3) is 0.679. The van der Waals surface area contributed by atoms with Crippen molar-refractivity contribution in [3.05, 3.63) is 29.6 Å². The van der Waals surface area contributed by atoms with Crippen LogP contribution in [-0.4, -0.2) is 55.4 Å². The molecule has 1 aromatic carbocycles. The Morgan fingerprint density at radius 1 is 1.11 bits per heavy atom. The molecule has 198 valence electrons. The van der Waals surface area contributed by atoms with E-state index in [0.29, 0.717) is 12.8 Å². The molecule has 3 heterocycles. The van der Waals surface area contributed by atoms with Crippen molar-refractivity contribution in [3.63, 3.8) is 0 Å². The topological polar surface area (TPSA) is 114 Å². The van der Waals surface area contributed by atoms with Crippen molar-refractivity contribution in [1.82, 2.24) is 9.55 Å². The van der Waals surface area contributed by atoms with Crippen molar-refractivity contribution in [1.29, 1.82) is 0 Å². The summed E-state index contributed by atoms with van der Waals surface area (Å²) in [4.78, 5) is 30.8. The van der Waals surface area contributed by atoms with Gasteiger partial charge in [-0.05, 0) is 44.4 Å². The average Bonchev–Trinajstić information content (AvgIpc) is 3.37. The van der Waals surface area contributed by atoms with Gasteiger partial charge in [-0.2, -0.15) is 0 Å². The van der Waals surface area contributed by atoms with E-state index in [1.807, 2.05) is 43.7 Å². The maximum absolute atomic E-state index is 13.1. The number of ketones is 1. The van der Waals surface area contributed by atoms with Gasteiger partial charge in [0, 0.05) is 19.4 Å². The third kappa shape index (κ3) is 5.22. The number of epoxide rings is 1. The number of aliphatic hydroxyl groups excluding tert-OH is 2. The van der Waals surface area contributed by atoms with Gasteiger partial charge in [-0.15, -0.1) is 0 Å². The van der Waals surface area contributed by atoms with Crippen LogP contribution in [0.4, 0.5) is 0 Å². The van der Waals surface area contributed by atoms with Crippen LogP contribution >= 0.6 is 0 Å². The lowest BCUT2D eigenvalue weighted by Gasteiger charge is -2.33. The molecule has 6 unspecified atom stereocenters. The molecule has 36 heavy (non-hydrogen) atoms. The average molecular weight is 501 g/mol. The first-order valence-corrected chi connectivity index (χ1v) is 13.0. The Bertz CT molecular complexity index is 1140. The van der Waals surface area contributed by atoms with E-state index < -0.39 is 41.2 Å². The SMILES string of the molecule is Cc1nc2cc(C3CC4(C)OC4CCCCC(O)C(C)C(=O)C(C)(C)C(O)CC(=O)O3)ccc2n1C. The molecule has 0 spiro atoms. The Balaban J connectivity index is 1.62. The van der Waals surface area contributed by atoms with Gasteiger partial charge in [0.2, 0.25) is 0 Å². The Morgan fingerprint density at radius 2 is 1.81 bits per heavy atom. The number of ether oxygens (including phenoxy) is 2. The summed E-state index contributed by atoms with van der Waals surface area (Å²) in [7, 11) is 1.96. The Morgan fingerprint density at radius 3 is 2.53 bits per heavy atom. The van der Waals surface area contributed by atoms with Crippen LogP contribution in [-0.2, 0) is 26.1 Å². The molecule has 2 aromatic rings. The van der Waals surface area contributed by atoms with Crippen molar-refractivity contribution in [2.45, 2.75) is 103 Å². The molecule has 2 aliphatic rings. The van der Waals surface area contributed by atoms with Gasteiger partial charge in [0.15, 0.2) is 0 Å². The summed E-state index contributed by atoms with van der Waals surface area (Å²) in [5.74, 6) is -0.578. The van der Waals surface area contributed by atoms with Gasteiger partial charge in [0.25, 0.3) is 0 Å². The molecular weight excluding hydrogens is 460 g/mol. The first-order valence-electron chi connectivity index (χ1n) is 13.0. The van der Waals surface area contributed by atoms with Crippen LogP contribution in [0.5, 0.6) is 0 Å². The lowest BCUT2D eigenvalue weighted by atomic mass is 9.74. The van der Waals surface area contributed by atoms with E-state index in [9.17, 15) is 19.8 Å². The molecule has 2 fully saturated rings. The van der Waals surface area contributed by atoms with Gasteiger partial charge >= 0.3 is 5.97 Å². The molecule has 8 heteroatoms. The highest BCUT2D eigenvalue weighted by molar-refractivity contribution is 5.88. The lowest BCUT2D eigenvalue weighted by molar-refractivity contribution is -0.156. The van der Waals surface area contributed by atoms with Gasteiger partial charge in [-0.3, -0.25) is 9.59 Å². The largest absolute Gasteiger partial charge is 0.457 e. The monoisotopic (exact) mass is 500 g/mol. The van der Waals surface area contributed by atoms with Gasteiger partial charge in [-0.1, -0.05) is 39.7 Å². The van der Waals surface area contributed by atoms with Crippen LogP contribution in [0.15, 0.2) is 18.2 Å². The number of cyclic esters (lactones) is 1. The van der Waals surface area contributed by atoms with E-state index in [0.717, 1.165) is 41.7 Å². The fourth-order valence-electron chi connectivity index (χ4n) is 5.45. The summed E-state index contributed by atoms with van der Waals surface area (Å²) in [6.45, 7) is 8.92. The number of aryl methyl sites for hydroxylation is 2. The first kappa shape index (κ1) is 26.8. The summed E-state index contributed by atoms with van der Waals surface area (Å²) < 4.78 is 14.0. The summed E-state index contributed by atoms with van der Waals surface area (Å²) in [5, 5.41) is 21.5. The van der Waals surface area contributed by atoms with Crippen LogP contribution in [0.25, 0.3) is 11.0 Å². The number of aliphatic hydroxyl groups is 2. The molecule has 2 aliphatic heterocycles. The summed E-state index contributed by atoms with van der Waals surface area (Å²) in [5.41, 5.74) is 1.03. The van der Waals surface area contributed by atoms with Crippen LogP contribution < -0.4 is 0 Å². The number of carbonyl (C=O) groups excluding carboxylic acids is 2. The second-order valence-corrected chi connectivity index (χ2v) is 11.5. The van der Waals surface area contributed by atoms with Crippen LogP contribution in [0, 0.1) is 18.3 Å². The predicted octanol–water partition coefficient (Wildman–Crippen LogP) is 3.93. The maximum Gasteiger partial charge on any atom is 0.309 e.